The average molecular weight is 624 g/mol. The van der Waals surface area contributed by atoms with Gasteiger partial charge >= 0.3 is 11.8 Å². The van der Waals surface area contributed by atoms with Gasteiger partial charge in [0.1, 0.15) is 11.4 Å². The number of piperidine rings is 1. The maximum atomic E-state index is 14.3. The molecule has 3 aromatic heterocycles. The molecule has 0 saturated carbocycles. The number of benzene rings is 2. The van der Waals surface area contributed by atoms with Crippen molar-refractivity contribution in [3.8, 4) is 17.6 Å². The normalized spacial score (nSPS) is 15.2. The minimum Gasteiger partial charge on any atom is -0.507 e. The molecule has 1 atom stereocenters. The Balaban J connectivity index is 1.45. The Bertz CT molecular complexity index is 2180. The van der Waals surface area contributed by atoms with Crippen LogP contribution in [-0.2, 0) is 24.9 Å². The molecule has 1 aliphatic heterocycles. The van der Waals surface area contributed by atoms with Crippen molar-refractivity contribution in [1.82, 2.24) is 29.0 Å². The van der Waals surface area contributed by atoms with Crippen LogP contribution in [-0.4, -0.2) is 59.6 Å². The number of nitrogens with zero attached hydrogens (tertiary/aromatic N) is 6. The number of amides is 1. The van der Waals surface area contributed by atoms with Crippen LogP contribution in [0.4, 0.5) is 10.7 Å². The number of phenolic OH excluding ortho intramolecular Hbond substituents is 1. The highest BCUT2D eigenvalue weighted by Crippen LogP contribution is 2.32. The number of hydrogen-bond donors (Lipinski definition) is 2. The van der Waals surface area contributed by atoms with Crippen LogP contribution >= 0.6 is 0 Å². The zero-order valence-electron chi connectivity index (χ0n) is 26.6. The van der Waals surface area contributed by atoms with E-state index in [1.807, 2.05) is 49.9 Å². The molecule has 12 heteroatoms. The first-order valence-corrected chi connectivity index (χ1v) is 15.3. The standard InChI is InChI=1S/C34H37N7O5/c1-6-7-18-40-28-29(37-31(40)39-17-11-12-21(19-39)35-32(44)46-34(2,3)4)38(5)33(45)41(30(28)43)20-25-22-13-8-9-14-23(22)27-24(36-25)15-10-16-26(27)42/h8-10,13-16,21,42H,11-12,17-20H2,1-5H3,(H,35,44)/t21-/m1/s1. The van der Waals surface area contributed by atoms with Gasteiger partial charge < -0.3 is 20.1 Å². The van der Waals surface area contributed by atoms with Gasteiger partial charge in [0.25, 0.3) is 5.56 Å². The Morgan fingerprint density at radius 2 is 1.85 bits per heavy atom. The lowest BCUT2D eigenvalue weighted by atomic mass is 10.0. The lowest BCUT2D eigenvalue weighted by molar-refractivity contribution is 0.0499. The number of aromatic hydroxyl groups is 1. The molecule has 2 aromatic carbocycles. The largest absolute Gasteiger partial charge is 0.507 e. The van der Waals surface area contributed by atoms with E-state index in [9.17, 15) is 19.5 Å². The zero-order valence-corrected chi connectivity index (χ0v) is 26.6. The molecule has 0 spiro atoms. The molecule has 2 N–H and O–H groups in total. The molecule has 0 unspecified atom stereocenters. The van der Waals surface area contributed by atoms with Gasteiger partial charge in [-0.1, -0.05) is 36.3 Å². The number of anilines is 1. The van der Waals surface area contributed by atoms with Gasteiger partial charge in [0.15, 0.2) is 11.2 Å². The number of pyridine rings is 1. The third kappa shape index (κ3) is 5.64. The lowest BCUT2D eigenvalue weighted by Gasteiger charge is -2.34. The first-order valence-electron chi connectivity index (χ1n) is 15.3. The molecule has 46 heavy (non-hydrogen) atoms. The van der Waals surface area contributed by atoms with Crippen molar-refractivity contribution in [2.45, 2.75) is 65.3 Å². The van der Waals surface area contributed by atoms with Crippen LogP contribution in [0.5, 0.6) is 5.75 Å². The number of phenols is 1. The molecule has 0 aliphatic carbocycles. The van der Waals surface area contributed by atoms with Gasteiger partial charge in [0, 0.05) is 37.0 Å². The molecule has 5 aromatic rings. The number of fused-ring (bicyclic) bond motifs is 4. The summed E-state index contributed by atoms with van der Waals surface area (Å²) in [4.78, 5) is 52.2. The first-order chi connectivity index (χ1) is 22.0. The number of imidazole rings is 1. The number of nitrogens with one attached hydrogen (secondary N) is 1. The zero-order chi connectivity index (χ0) is 32.7. The van der Waals surface area contributed by atoms with E-state index in [-0.39, 0.29) is 36.0 Å². The molecular formula is C34H37N7O5. The maximum Gasteiger partial charge on any atom is 0.407 e. The molecule has 238 valence electrons. The van der Waals surface area contributed by atoms with E-state index in [1.165, 1.54) is 9.13 Å². The van der Waals surface area contributed by atoms with Gasteiger partial charge in [-0.3, -0.25) is 23.5 Å². The minimum atomic E-state index is -0.619. The van der Waals surface area contributed by atoms with Crippen molar-refractivity contribution >= 4 is 44.9 Å². The van der Waals surface area contributed by atoms with E-state index in [2.05, 4.69) is 17.2 Å². The van der Waals surface area contributed by atoms with Crippen LogP contribution in [0, 0.1) is 11.8 Å². The second-order valence-electron chi connectivity index (χ2n) is 12.5. The van der Waals surface area contributed by atoms with Crippen molar-refractivity contribution in [3.63, 3.8) is 0 Å². The van der Waals surface area contributed by atoms with Crippen LogP contribution in [0.3, 0.4) is 0 Å². The number of alkyl carbamates (subject to hydrolysis) is 1. The predicted molar refractivity (Wildman–Crippen MR) is 177 cm³/mol. The van der Waals surface area contributed by atoms with Crippen LogP contribution in [0.1, 0.15) is 46.2 Å². The van der Waals surface area contributed by atoms with Crippen LogP contribution in [0.15, 0.2) is 52.1 Å². The fraction of sp³-hybridized carbons (Fsp3) is 0.382. The molecular weight excluding hydrogens is 586 g/mol. The predicted octanol–water partition coefficient (Wildman–Crippen LogP) is 3.87. The van der Waals surface area contributed by atoms with Gasteiger partial charge in [0.2, 0.25) is 5.95 Å². The third-order valence-corrected chi connectivity index (χ3v) is 8.14. The first kappa shape index (κ1) is 30.7. The van der Waals surface area contributed by atoms with Gasteiger partial charge in [0.05, 0.1) is 24.3 Å². The number of carbonyl (C=O) groups is 1. The summed E-state index contributed by atoms with van der Waals surface area (Å²) < 4.78 is 9.77. The summed E-state index contributed by atoms with van der Waals surface area (Å²) in [6.45, 7) is 8.38. The van der Waals surface area contributed by atoms with Crippen molar-refractivity contribution < 1.29 is 14.6 Å². The van der Waals surface area contributed by atoms with E-state index in [1.54, 1.807) is 36.7 Å². The third-order valence-electron chi connectivity index (χ3n) is 8.14. The number of aryl methyl sites for hydroxylation is 1. The van der Waals surface area contributed by atoms with Gasteiger partial charge in [-0.2, -0.15) is 4.98 Å². The fourth-order valence-electron chi connectivity index (χ4n) is 6.13. The van der Waals surface area contributed by atoms with Crippen molar-refractivity contribution in [3.05, 3.63) is 69.0 Å². The Morgan fingerprint density at radius 3 is 2.59 bits per heavy atom. The summed E-state index contributed by atoms with van der Waals surface area (Å²) in [5, 5.41) is 15.7. The maximum absolute atomic E-state index is 14.3. The Morgan fingerprint density at radius 1 is 1.09 bits per heavy atom. The van der Waals surface area contributed by atoms with Crippen molar-refractivity contribution in [2.75, 3.05) is 18.0 Å². The molecule has 1 fully saturated rings. The second-order valence-corrected chi connectivity index (χ2v) is 12.5. The van der Waals surface area contributed by atoms with Crippen LogP contribution < -0.4 is 21.5 Å². The van der Waals surface area contributed by atoms with E-state index >= 15 is 0 Å². The Kier molecular flexibility index (Phi) is 7.94. The number of aromatic nitrogens is 5. The fourth-order valence-corrected chi connectivity index (χ4v) is 6.13. The molecule has 6 rings (SSSR count). The number of hydrogen-bond acceptors (Lipinski definition) is 8. The quantitative estimate of drug-likeness (QED) is 0.223. The molecule has 4 heterocycles. The number of carbonyl (C=O) groups excluding carboxylic acids is 1. The molecule has 12 nitrogen and oxygen atoms in total. The van der Waals surface area contributed by atoms with Crippen molar-refractivity contribution in [1.29, 1.82) is 0 Å². The van der Waals surface area contributed by atoms with Gasteiger partial charge in [-0.15, -0.1) is 5.92 Å². The van der Waals surface area contributed by atoms with Crippen LogP contribution in [0.25, 0.3) is 32.8 Å². The minimum absolute atomic E-state index is 0.0842. The highest BCUT2D eigenvalue weighted by Gasteiger charge is 2.29. The molecule has 0 bridgehead atoms. The monoisotopic (exact) mass is 623 g/mol. The molecule has 1 saturated heterocycles. The highest BCUT2D eigenvalue weighted by atomic mass is 16.6. The summed E-state index contributed by atoms with van der Waals surface area (Å²) in [6.07, 6.45) is 1.06. The highest BCUT2D eigenvalue weighted by molar-refractivity contribution is 6.09. The summed E-state index contributed by atoms with van der Waals surface area (Å²) in [5.41, 5.74) is -0.0552. The number of rotatable bonds is 5. The van der Waals surface area contributed by atoms with Crippen molar-refractivity contribution in [2.24, 2.45) is 7.05 Å². The van der Waals surface area contributed by atoms with Gasteiger partial charge in [-0.25, -0.2) is 9.59 Å². The topological polar surface area (TPSA) is 137 Å². The molecule has 1 aliphatic rings. The lowest BCUT2D eigenvalue weighted by Crippen LogP contribution is -2.49. The Hall–Kier alpha value is -5.31. The second kappa shape index (κ2) is 11.9. The van der Waals surface area contributed by atoms with E-state index in [0.717, 1.165) is 23.6 Å². The van der Waals surface area contributed by atoms with E-state index in [4.69, 9.17) is 14.7 Å². The molecule has 1 amide bonds. The Labute approximate surface area is 265 Å². The van der Waals surface area contributed by atoms with E-state index in [0.29, 0.717) is 35.6 Å². The van der Waals surface area contributed by atoms with Gasteiger partial charge in [-0.05, 0) is 58.1 Å². The summed E-state index contributed by atoms with van der Waals surface area (Å²) >= 11 is 0. The SMILES string of the molecule is CC#CCn1c(N2CCC[C@@H](NC(=O)OC(C)(C)C)C2)nc2c1c(=O)n(Cc1nc3cccc(O)c3c3ccccc13)c(=O)n2C. The average Bonchev–Trinajstić information content (AvgIpc) is 3.40. The van der Waals surface area contributed by atoms with Crippen LogP contribution in [0.2, 0.25) is 0 Å². The summed E-state index contributed by atoms with van der Waals surface area (Å²) in [7, 11) is 1.60. The smallest absolute Gasteiger partial charge is 0.407 e. The van der Waals surface area contributed by atoms with E-state index < -0.39 is 22.9 Å². The molecule has 0 radical (unpaired) electrons. The summed E-state index contributed by atoms with van der Waals surface area (Å²) in [5.74, 6) is 6.57. The number of ether oxygens (including phenoxy) is 1. The summed E-state index contributed by atoms with van der Waals surface area (Å²) in [6, 6.07) is 12.4.